The fourth-order valence-electron chi connectivity index (χ4n) is 4.98. The standard InChI is InChI=1S/C25H31N3O3/c1-31-21-7-4-6-19(12-21)13-25(18-29)10-5-11-27(17-25)14-20-15-28(16-24(26)30)23-9-3-2-8-22(20)23/h2-4,6-9,12,15,29H,5,10-11,13-14,16-18H2,1H3,(H2,26,30). The van der Waals surface area contributed by atoms with Crippen LogP contribution >= 0.6 is 0 Å². The molecule has 1 fully saturated rings. The second-order valence-corrected chi connectivity index (χ2v) is 8.77. The number of nitrogens with two attached hydrogens (primary N) is 1. The molecule has 1 aromatic heterocycles. The first-order valence-corrected chi connectivity index (χ1v) is 10.8. The van der Waals surface area contributed by atoms with Crippen molar-refractivity contribution in [1.82, 2.24) is 9.47 Å². The van der Waals surface area contributed by atoms with E-state index >= 15 is 0 Å². The molecule has 6 nitrogen and oxygen atoms in total. The van der Waals surface area contributed by atoms with E-state index in [0.29, 0.717) is 0 Å². The first-order chi connectivity index (χ1) is 15.0. The Hall–Kier alpha value is -2.83. The van der Waals surface area contributed by atoms with Gasteiger partial charge < -0.3 is 20.1 Å². The molecule has 31 heavy (non-hydrogen) atoms. The van der Waals surface area contributed by atoms with E-state index in [4.69, 9.17) is 10.5 Å². The van der Waals surface area contributed by atoms with Crippen molar-refractivity contribution in [3.05, 3.63) is 65.9 Å². The van der Waals surface area contributed by atoms with Crippen LogP contribution < -0.4 is 10.5 Å². The fraction of sp³-hybridized carbons (Fsp3) is 0.400. The minimum atomic E-state index is -0.345. The Kier molecular flexibility index (Phi) is 6.30. The molecule has 1 aliphatic heterocycles. The third kappa shape index (κ3) is 4.75. The molecule has 164 valence electrons. The number of aromatic nitrogens is 1. The molecule has 0 aliphatic carbocycles. The molecule has 0 radical (unpaired) electrons. The van der Waals surface area contributed by atoms with Gasteiger partial charge in [-0.3, -0.25) is 9.69 Å². The SMILES string of the molecule is COc1cccc(CC2(CO)CCCN(Cc3cn(CC(N)=O)c4ccccc34)C2)c1. The van der Waals surface area contributed by atoms with Crippen LogP contribution in [0.4, 0.5) is 0 Å². The topological polar surface area (TPSA) is 80.7 Å². The zero-order chi connectivity index (χ0) is 21.8. The molecule has 2 heterocycles. The van der Waals surface area contributed by atoms with Crippen molar-refractivity contribution >= 4 is 16.8 Å². The van der Waals surface area contributed by atoms with Gasteiger partial charge in [0.25, 0.3) is 0 Å². The van der Waals surface area contributed by atoms with Crippen LogP contribution in [0.15, 0.2) is 54.7 Å². The van der Waals surface area contributed by atoms with E-state index in [1.165, 1.54) is 11.1 Å². The number of benzene rings is 2. The highest BCUT2D eigenvalue weighted by molar-refractivity contribution is 5.85. The summed E-state index contributed by atoms with van der Waals surface area (Å²) in [7, 11) is 1.68. The summed E-state index contributed by atoms with van der Waals surface area (Å²) in [5, 5.41) is 11.5. The van der Waals surface area contributed by atoms with E-state index in [9.17, 15) is 9.90 Å². The van der Waals surface area contributed by atoms with Crippen LogP contribution in [0.1, 0.15) is 24.0 Å². The fourth-order valence-corrected chi connectivity index (χ4v) is 4.98. The van der Waals surface area contributed by atoms with Crippen LogP contribution in [-0.2, 0) is 24.3 Å². The average Bonchev–Trinajstić information content (AvgIpc) is 3.10. The lowest BCUT2D eigenvalue weighted by molar-refractivity contribution is -0.118. The Morgan fingerprint density at radius 1 is 1.23 bits per heavy atom. The maximum absolute atomic E-state index is 11.5. The Labute approximate surface area is 183 Å². The smallest absolute Gasteiger partial charge is 0.237 e. The van der Waals surface area contributed by atoms with E-state index < -0.39 is 0 Å². The molecule has 1 aliphatic rings. The van der Waals surface area contributed by atoms with Gasteiger partial charge in [-0.15, -0.1) is 0 Å². The Bertz CT molecular complexity index is 1060. The average molecular weight is 422 g/mol. The molecule has 1 saturated heterocycles. The van der Waals surface area contributed by atoms with E-state index in [-0.39, 0.29) is 24.5 Å². The highest BCUT2D eigenvalue weighted by Crippen LogP contribution is 2.35. The molecule has 1 unspecified atom stereocenters. The molecular formula is C25H31N3O3. The molecule has 4 rings (SSSR count). The molecule has 0 saturated carbocycles. The number of methoxy groups -OCH3 is 1. The number of carbonyl (C=O) groups excluding carboxylic acids is 1. The lowest BCUT2D eigenvalue weighted by Crippen LogP contribution is -2.46. The summed E-state index contributed by atoms with van der Waals surface area (Å²) in [6, 6.07) is 16.3. The normalized spacial score (nSPS) is 19.5. The van der Waals surface area contributed by atoms with E-state index in [0.717, 1.165) is 55.5 Å². The number of primary amides is 1. The third-order valence-corrected chi connectivity index (χ3v) is 6.38. The van der Waals surface area contributed by atoms with Gasteiger partial charge in [0.05, 0.1) is 13.7 Å². The number of fused-ring (bicyclic) bond motifs is 1. The summed E-state index contributed by atoms with van der Waals surface area (Å²) >= 11 is 0. The van der Waals surface area contributed by atoms with Crippen molar-refractivity contribution in [2.24, 2.45) is 11.1 Å². The second-order valence-electron chi connectivity index (χ2n) is 8.77. The first-order valence-electron chi connectivity index (χ1n) is 10.8. The van der Waals surface area contributed by atoms with Crippen molar-refractivity contribution < 1.29 is 14.6 Å². The number of carbonyl (C=O) groups is 1. The molecule has 0 spiro atoms. The molecule has 3 aromatic rings. The maximum atomic E-state index is 11.5. The van der Waals surface area contributed by atoms with Gasteiger partial charge in [-0.25, -0.2) is 0 Å². The van der Waals surface area contributed by atoms with Gasteiger partial charge in [0.2, 0.25) is 5.91 Å². The molecule has 3 N–H and O–H groups in total. The van der Waals surface area contributed by atoms with Gasteiger partial charge >= 0.3 is 0 Å². The van der Waals surface area contributed by atoms with Crippen LogP contribution in [0.3, 0.4) is 0 Å². The third-order valence-electron chi connectivity index (χ3n) is 6.38. The van der Waals surface area contributed by atoms with Crippen molar-refractivity contribution in [3.8, 4) is 5.75 Å². The number of hydrogen-bond donors (Lipinski definition) is 2. The van der Waals surface area contributed by atoms with Crippen LogP contribution in [0, 0.1) is 5.41 Å². The number of ether oxygens (including phenoxy) is 1. The summed E-state index contributed by atoms with van der Waals surface area (Å²) in [6.45, 7) is 2.94. The number of piperidine rings is 1. The van der Waals surface area contributed by atoms with Gasteiger partial charge in [-0.1, -0.05) is 30.3 Å². The van der Waals surface area contributed by atoms with Crippen LogP contribution in [0.25, 0.3) is 10.9 Å². The Morgan fingerprint density at radius 3 is 2.84 bits per heavy atom. The number of aliphatic hydroxyl groups excluding tert-OH is 1. The molecule has 2 aromatic carbocycles. The summed E-state index contributed by atoms with van der Waals surface area (Å²) in [5.41, 5.74) is 8.68. The maximum Gasteiger partial charge on any atom is 0.237 e. The zero-order valence-corrected chi connectivity index (χ0v) is 18.1. The molecule has 1 amide bonds. The molecular weight excluding hydrogens is 390 g/mol. The summed E-state index contributed by atoms with van der Waals surface area (Å²) in [4.78, 5) is 13.9. The van der Waals surface area contributed by atoms with Crippen molar-refractivity contribution in [1.29, 1.82) is 0 Å². The second kappa shape index (κ2) is 9.12. The predicted octanol–water partition coefficient (Wildman–Crippen LogP) is 2.95. The van der Waals surface area contributed by atoms with E-state index in [1.807, 2.05) is 41.1 Å². The van der Waals surface area contributed by atoms with Crippen molar-refractivity contribution in [3.63, 3.8) is 0 Å². The lowest BCUT2D eigenvalue weighted by atomic mass is 9.75. The largest absolute Gasteiger partial charge is 0.497 e. The zero-order valence-electron chi connectivity index (χ0n) is 18.1. The summed E-state index contributed by atoms with van der Waals surface area (Å²) < 4.78 is 7.31. The van der Waals surface area contributed by atoms with Gasteiger partial charge in [0, 0.05) is 35.6 Å². The van der Waals surface area contributed by atoms with E-state index in [2.05, 4.69) is 23.1 Å². The van der Waals surface area contributed by atoms with Crippen molar-refractivity contribution in [2.45, 2.75) is 32.4 Å². The Balaban J connectivity index is 1.55. The number of rotatable bonds is 8. The minimum Gasteiger partial charge on any atom is -0.497 e. The quantitative estimate of drug-likeness (QED) is 0.586. The predicted molar refractivity (Wildman–Crippen MR) is 122 cm³/mol. The van der Waals surface area contributed by atoms with Crippen LogP contribution in [0.2, 0.25) is 0 Å². The van der Waals surface area contributed by atoms with Gasteiger partial charge in [-0.05, 0) is 55.1 Å². The lowest BCUT2D eigenvalue weighted by Gasteiger charge is -2.42. The first kappa shape index (κ1) is 21.4. The van der Waals surface area contributed by atoms with E-state index in [1.54, 1.807) is 7.11 Å². The van der Waals surface area contributed by atoms with Gasteiger partial charge in [-0.2, -0.15) is 0 Å². The Morgan fingerprint density at radius 2 is 2.06 bits per heavy atom. The van der Waals surface area contributed by atoms with Gasteiger partial charge in [0.15, 0.2) is 0 Å². The van der Waals surface area contributed by atoms with Crippen LogP contribution in [0.5, 0.6) is 5.75 Å². The molecule has 6 heteroatoms. The molecule has 1 atom stereocenters. The van der Waals surface area contributed by atoms with Crippen molar-refractivity contribution in [2.75, 3.05) is 26.8 Å². The number of likely N-dealkylation sites (tertiary alicyclic amines) is 1. The van der Waals surface area contributed by atoms with Gasteiger partial charge in [0.1, 0.15) is 12.3 Å². The number of hydrogen-bond acceptors (Lipinski definition) is 4. The number of aliphatic hydroxyl groups is 1. The van der Waals surface area contributed by atoms with Crippen LogP contribution in [-0.4, -0.2) is 47.3 Å². The summed E-state index contributed by atoms with van der Waals surface area (Å²) in [5.74, 6) is 0.503. The minimum absolute atomic E-state index is 0.157. The summed E-state index contributed by atoms with van der Waals surface area (Å²) in [6.07, 6.45) is 4.92. The number of amides is 1. The number of nitrogens with zero attached hydrogens (tertiary/aromatic N) is 2. The monoisotopic (exact) mass is 421 g/mol. The molecule has 0 bridgehead atoms. The number of para-hydroxylation sites is 1. The highest BCUT2D eigenvalue weighted by Gasteiger charge is 2.35. The highest BCUT2D eigenvalue weighted by atomic mass is 16.5.